The van der Waals surface area contributed by atoms with Crippen molar-refractivity contribution in [1.29, 1.82) is 0 Å². The molecule has 4 rings (SSSR count). The Labute approximate surface area is 172 Å². The normalized spacial score (nSPS) is 10.4. The smallest absolute Gasteiger partial charge is 0.319 e. The van der Waals surface area contributed by atoms with Gasteiger partial charge in [-0.05, 0) is 60.2 Å². The highest BCUT2D eigenvalue weighted by molar-refractivity contribution is 6.02. The predicted molar refractivity (Wildman–Crippen MR) is 113 cm³/mol. The quantitative estimate of drug-likeness (QED) is 0.454. The summed E-state index contributed by atoms with van der Waals surface area (Å²) in [7, 11) is 0. The first-order valence-electron chi connectivity index (χ1n) is 9.26. The Kier molecular flexibility index (Phi) is 5.56. The minimum atomic E-state index is -0.316. The zero-order valence-electron chi connectivity index (χ0n) is 15.9. The Hall–Kier alpha value is -4.33. The van der Waals surface area contributed by atoms with Gasteiger partial charge in [-0.2, -0.15) is 5.10 Å². The third kappa shape index (κ3) is 4.74. The molecule has 2 aromatic heterocycles. The van der Waals surface area contributed by atoms with Gasteiger partial charge in [-0.25, -0.2) is 9.48 Å². The first-order valence-corrected chi connectivity index (χ1v) is 9.26. The Balaban J connectivity index is 1.26. The third-order valence-electron chi connectivity index (χ3n) is 4.30. The van der Waals surface area contributed by atoms with Crippen molar-refractivity contribution in [3.8, 4) is 5.69 Å². The molecule has 0 bridgehead atoms. The van der Waals surface area contributed by atoms with Gasteiger partial charge in [-0.1, -0.05) is 12.1 Å². The van der Waals surface area contributed by atoms with E-state index in [1.54, 1.807) is 35.1 Å². The number of furan rings is 1. The number of carbonyl (C=O) groups is 2. The molecular weight excluding hydrogens is 382 g/mol. The fraction of sp³-hybridized carbons (Fsp3) is 0.0455. The van der Waals surface area contributed by atoms with Crippen molar-refractivity contribution in [2.75, 3.05) is 10.6 Å². The summed E-state index contributed by atoms with van der Waals surface area (Å²) in [6, 6.07) is 19.4. The summed E-state index contributed by atoms with van der Waals surface area (Å²) < 4.78 is 6.80. The van der Waals surface area contributed by atoms with Crippen LogP contribution in [0.4, 0.5) is 16.2 Å². The number of nitrogens with zero attached hydrogens (tertiary/aromatic N) is 2. The summed E-state index contributed by atoms with van der Waals surface area (Å²) in [4.78, 5) is 24.1. The summed E-state index contributed by atoms with van der Waals surface area (Å²) in [6.07, 6.45) is 5.00. The van der Waals surface area contributed by atoms with Crippen LogP contribution in [0.5, 0.6) is 0 Å². The molecule has 2 aromatic carbocycles. The summed E-state index contributed by atoms with van der Waals surface area (Å²) in [6.45, 7) is 0.351. The monoisotopic (exact) mass is 401 g/mol. The molecule has 0 saturated heterocycles. The van der Waals surface area contributed by atoms with Crippen molar-refractivity contribution in [2.24, 2.45) is 0 Å². The van der Waals surface area contributed by atoms with Crippen LogP contribution in [-0.2, 0) is 6.54 Å². The van der Waals surface area contributed by atoms with Gasteiger partial charge in [0.05, 0.1) is 12.0 Å². The van der Waals surface area contributed by atoms with Gasteiger partial charge in [0, 0.05) is 30.3 Å². The molecule has 0 spiro atoms. The Morgan fingerprint density at radius 1 is 0.900 bits per heavy atom. The van der Waals surface area contributed by atoms with Crippen molar-refractivity contribution >= 4 is 23.3 Å². The second-order valence-corrected chi connectivity index (χ2v) is 6.43. The van der Waals surface area contributed by atoms with Crippen molar-refractivity contribution in [3.63, 3.8) is 0 Å². The molecule has 8 heteroatoms. The summed E-state index contributed by atoms with van der Waals surface area (Å²) >= 11 is 0. The van der Waals surface area contributed by atoms with E-state index in [9.17, 15) is 9.59 Å². The Morgan fingerprint density at radius 3 is 2.30 bits per heavy atom. The highest BCUT2D eigenvalue weighted by atomic mass is 16.3. The van der Waals surface area contributed by atoms with Gasteiger partial charge >= 0.3 is 6.03 Å². The number of rotatable bonds is 6. The molecule has 0 aliphatic heterocycles. The fourth-order valence-electron chi connectivity index (χ4n) is 2.78. The molecule has 30 heavy (non-hydrogen) atoms. The van der Waals surface area contributed by atoms with Gasteiger partial charge in [0.15, 0.2) is 5.76 Å². The van der Waals surface area contributed by atoms with E-state index >= 15 is 0 Å². The second kappa shape index (κ2) is 8.78. The van der Waals surface area contributed by atoms with Crippen LogP contribution in [0.3, 0.4) is 0 Å². The standard InChI is InChI=1S/C22H19N5O3/c28-21(20-3-1-14-30-20)25-17-6-4-16(5-7-17)15-23-22(29)26-18-8-10-19(11-9-18)27-13-2-12-24-27/h1-14H,15H2,(H,25,28)(H2,23,26,29). The molecule has 0 aliphatic rings. The lowest BCUT2D eigenvalue weighted by molar-refractivity contribution is 0.0996. The maximum atomic E-state index is 12.1. The molecule has 0 unspecified atom stereocenters. The van der Waals surface area contributed by atoms with Crippen LogP contribution < -0.4 is 16.0 Å². The first-order chi connectivity index (χ1) is 14.7. The number of hydrogen-bond donors (Lipinski definition) is 3. The van der Waals surface area contributed by atoms with Crippen LogP contribution in [0.1, 0.15) is 16.1 Å². The van der Waals surface area contributed by atoms with Gasteiger partial charge < -0.3 is 20.4 Å². The third-order valence-corrected chi connectivity index (χ3v) is 4.30. The lowest BCUT2D eigenvalue weighted by Gasteiger charge is -2.09. The number of aromatic nitrogens is 2. The zero-order chi connectivity index (χ0) is 20.8. The van der Waals surface area contributed by atoms with E-state index in [0.29, 0.717) is 17.9 Å². The minimum Gasteiger partial charge on any atom is -0.459 e. The lowest BCUT2D eigenvalue weighted by Crippen LogP contribution is -2.28. The molecule has 0 fully saturated rings. The molecule has 150 valence electrons. The average molecular weight is 401 g/mol. The zero-order valence-corrected chi connectivity index (χ0v) is 15.9. The van der Waals surface area contributed by atoms with E-state index in [1.807, 2.05) is 48.7 Å². The SMILES string of the molecule is O=C(NCc1ccc(NC(=O)c2ccco2)cc1)Nc1ccc(-n2cccn2)cc1. The average Bonchev–Trinajstić information content (AvgIpc) is 3.48. The van der Waals surface area contributed by atoms with Crippen LogP contribution in [0.2, 0.25) is 0 Å². The number of benzene rings is 2. The van der Waals surface area contributed by atoms with E-state index in [2.05, 4.69) is 21.0 Å². The van der Waals surface area contributed by atoms with E-state index in [4.69, 9.17) is 4.42 Å². The van der Waals surface area contributed by atoms with E-state index in [1.165, 1.54) is 6.26 Å². The van der Waals surface area contributed by atoms with Crippen LogP contribution in [0.15, 0.2) is 89.8 Å². The van der Waals surface area contributed by atoms with Gasteiger partial charge in [-0.15, -0.1) is 0 Å². The molecule has 3 N–H and O–H groups in total. The topological polar surface area (TPSA) is 101 Å². The summed E-state index contributed by atoms with van der Waals surface area (Å²) in [5, 5.41) is 12.5. The number of hydrogen-bond acceptors (Lipinski definition) is 4. The van der Waals surface area contributed by atoms with Gasteiger partial charge in [-0.3, -0.25) is 4.79 Å². The number of anilines is 2. The molecule has 0 saturated carbocycles. The van der Waals surface area contributed by atoms with Crippen LogP contribution in [-0.4, -0.2) is 21.7 Å². The van der Waals surface area contributed by atoms with Crippen molar-refractivity contribution < 1.29 is 14.0 Å². The highest BCUT2D eigenvalue weighted by Gasteiger charge is 2.08. The van der Waals surface area contributed by atoms with Crippen LogP contribution in [0, 0.1) is 0 Å². The first kappa shape index (κ1) is 19.0. The number of amides is 3. The minimum absolute atomic E-state index is 0.245. The molecular formula is C22H19N5O3. The maximum absolute atomic E-state index is 12.1. The number of carbonyl (C=O) groups excluding carboxylic acids is 2. The molecule has 0 aliphatic carbocycles. The molecule has 2 heterocycles. The van der Waals surface area contributed by atoms with Crippen molar-refractivity contribution in [1.82, 2.24) is 15.1 Å². The van der Waals surface area contributed by atoms with Crippen LogP contribution in [0.25, 0.3) is 5.69 Å². The molecule has 4 aromatic rings. The second-order valence-electron chi connectivity index (χ2n) is 6.43. The van der Waals surface area contributed by atoms with Crippen LogP contribution >= 0.6 is 0 Å². The number of nitrogens with one attached hydrogen (secondary N) is 3. The van der Waals surface area contributed by atoms with Crippen molar-refractivity contribution in [3.05, 3.63) is 96.7 Å². The highest BCUT2D eigenvalue weighted by Crippen LogP contribution is 2.14. The summed E-state index contributed by atoms with van der Waals surface area (Å²) in [5.74, 6) is -0.0705. The van der Waals surface area contributed by atoms with E-state index in [0.717, 1.165) is 11.3 Å². The maximum Gasteiger partial charge on any atom is 0.319 e. The summed E-state index contributed by atoms with van der Waals surface area (Å²) in [5.41, 5.74) is 3.13. The predicted octanol–water partition coefficient (Wildman–Crippen LogP) is 4.04. The van der Waals surface area contributed by atoms with E-state index < -0.39 is 0 Å². The Morgan fingerprint density at radius 2 is 1.63 bits per heavy atom. The largest absolute Gasteiger partial charge is 0.459 e. The van der Waals surface area contributed by atoms with Crippen molar-refractivity contribution in [2.45, 2.75) is 6.54 Å². The van der Waals surface area contributed by atoms with Gasteiger partial charge in [0.25, 0.3) is 5.91 Å². The van der Waals surface area contributed by atoms with E-state index in [-0.39, 0.29) is 17.7 Å². The molecule has 8 nitrogen and oxygen atoms in total. The lowest BCUT2D eigenvalue weighted by atomic mass is 10.2. The number of urea groups is 1. The molecule has 3 amide bonds. The Bertz CT molecular complexity index is 1100. The van der Waals surface area contributed by atoms with Gasteiger partial charge in [0.1, 0.15) is 0 Å². The molecule has 0 radical (unpaired) electrons. The molecule has 0 atom stereocenters. The van der Waals surface area contributed by atoms with Gasteiger partial charge in [0.2, 0.25) is 0 Å². The fourth-order valence-corrected chi connectivity index (χ4v) is 2.78.